The number of nitrogens with two attached hydrogens (primary N) is 1. The summed E-state index contributed by atoms with van der Waals surface area (Å²) in [5.74, 6) is 1.34. The molecule has 24 heavy (non-hydrogen) atoms. The average Bonchev–Trinajstić information content (AvgIpc) is 3.07. The van der Waals surface area contributed by atoms with Crippen LogP contribution in [-0.2, 0) is 6.54 Å². The van der Waals surface area contributed by atoms with Crippen molar-refractivity contribution in [1.29, 1.82) is 0 Å². The summed E-state index contributed by atoms with van der Waals surface area (Å²) in [5.41, 5.74) is 7.33. The van der Waals surface area contributed by atoms with E-state index in [1.54, 1.807) is 0 Å². The van der Waals surface area contributed by atoms with Gasteiger partial charge in [-0.15, -0.1) is 0 Å². The van der Waals surface area contributed by atoms with Crippen molar-refractivity contribution in [2.24, 2.45) is 5.73 Å². The largest absolute Gasteiger partial charge is 0.338 e. The fourth-order valence-corrected chi connectivity index (χ4v) is 2.92. The molecule has 0 radical (unpaired) electrons. The first kappa shape index (κ1) is 16.6. The number of carbonyl (C=O) groups is 1. The Bertz CT molecular complexity index is 689. The van der Waals surface area contributed by atoms with E-state index in [2.05, 4.69) is 22.0 Å². The van der Waals surface area contributed by atoms with Gasteiger partial charge in [0, 0.05) is 38.3 Å². The van der Waals surface area contributed by atoms with Crippen LogP contribution in [0.4, 0.5) is 0 Å². The molecular weight excluding hydrogens is 306 g/mol. The number of carbonyl (C=O) groups excluding carboxylic acids is 1. The molecule has 2 N–H and O–H groups in total. The van der Waals surface area contributed by atoms with E-state index in [-0.39, 0.29) is 11.9 Å². The van der Waals surface area contributed by atoms with E-state index in [1.807, 2.05) is 36.1 Å². The van der Waals surface area contributed by atoms with E-state index in [9.17, 15) is 4.79 Å². The second-order valence-electron chi connectivity index (χ2n) is 6.09. The highest BCUT2D eigenvalue weighted by Crippen LogP contribution is 2.20. The lowest BCUT2D eigenvalue weighted by atomic mass is 10.1. The fraction of sp³-hybridized carbons (Fsp3) is 0.471. The van der Waals surface area contributed by atoms with Crippen LogP contribution in [0.1, 0.15) is 40.6 Å². The van der Waals surface area contributed by atoms with Gasteiger partial charge in [0.25, 0.3) is 5.91 Å². The number of rotatable bonds is 4. The van der Waals surface area contributed by atoms with Crippen LogP contribution in [0, 0.1) is 6.92 Å². The van der Waals surface area contributed by atoms with Crippen LogP contribution in [-0.4, -0.2) is 52.0 Å². The van der Waals surface area contributed by atoms with E-state index in [0.717, 1.165) is 18.7 Å². The van der Waals surface area contributed by atoms with Gasteiger partial charge in [0.2, 0.25) is 5.89 Å². The molecule has 0 bridgehead atoms. The Morgan fingerprint density at radius 3 is 2.46 bits per heavy atom. The van der Waals surface area contributed by atoms with Crippen molar-refractivity contribution in [3.05, 3.63) is 47.1 Å². The van der Waals surface area contributed by atoms with Gasteiger partial charge < -0.3 is 15.2 Å². The number of piperazine rings is 1. The first-order valence-corrected chi connectivity index (χ1v) is 8.21. The minimum atomic E-state index is 0.0623. The highest BCUT2D eigenvalue weighted by molar-refractivity contribution is 5.94. The van der Waals surface area contributed by atoms with Crippen molar-refractivity contribution >= 4 is 5.91 Å². The fourth-order valence-electron chi connectivity index (χ4n) is 2.92. The third-order valence-electron chi connectivity index (χ3n) is 4.49. The molecule has 1 aromatic heterocycles. The van der Waals surface area contributed by atoms with E-state index >= 15 is 0 Å². The van der Waals surface area contributed by atoms with Gasteiger partial charge in [-0.2, -0.15) is 4.98 Å². The molecule has 1 amide bonds. The van der Waals surface area contributed by atoms with Crippen molar-refractivity contribution in [2.75, 3.05) is 26.2 Å². The van der Waals surface area contributed by atoms with Crippen LogP contribution in [0.15, 0.2) is 28.8 Å². The second-order valence-corrected chi connectivity index (χ2v) is 6.09. The molecule has 1 atom stereocenters. The van der Waals surface area contributed by atoms with Crippen LogP contribution in [0.3, 0.4) is 0 Å². The third-order valence-corrected chi connectivity index (χ3v) is 4.49. The zero-order valence-corrected chi connectivity index (χ0v) is 14.1. The molecular formula is C17H23N5O2. The van der Waals surface area contributed by atoms with Gasteiger partial charge in [0.1, 0.15) is 0 Å². The van der Waals surface area contributed by atoms with Gasteiger partial charge in [0.05, 0.1) is 6.04 Å². The van der Waals surface area contributed by atoms with Crippen LogP contribution in [0.2, 0.25) is 0 Å². The van der Waals surface area contributed by atoms with Crippen molar-refractivity contribution in [3.63, 3.8) is 0 Å². The van der Waals surface area contributed by atoms with Crippen LogP contribution >= 0.6 is 0 Å². The van der Waals surface area contributed by atoms with Gasteiger partial charge in [-0.3, -0.25) is 9.69 Å². The number of benzene rings is 1. The lowest BCUT2D eigenvalue weighted by molar-refractivity contribution is 0.0551. The Labute approximate surface area is 141 Å². The normalized spacial score (nSPS) is 17.0. The van der Waals surface area contributed by atoms with Crippen molar-refractivity contribution in [3.8, 4) is 0 Å². The Morgan fingerprint density at radius 2 is 1.92 bits per heavy atom. The van der Waals surface area contributed by atoms with Crippen molar-refractivity contribution in [2.45, 2.75) is 26.4 Å². The Kier molecular flexibility index (Phi) is 4.92. The summed E-state index contributed by atoms with van der Waals surface area (Å²) in [7, 11) is 0. The zero-order valence-electron chi connectivity index (χ0n) is 14.1. The molecule has 0 spiro atoms. The minimum Gasteiger partial charge on any atom is -0.338 e. The second kappa shape index (κ2) is 7.11. The summed E-state index contributed by atoms with van der Waals surface area (Å²) in [4.78, 5) is 21.0. The summed E-state index contributed by atoms with van der Waals surface area (Å²) < 4.78 is 5.25. The van der Waals surface area contributed by atoms with Gasteiger partial charge in [0.15, 0.2) is 5.82 Å². The first-order valence-electron chi connectivity index (χ1n) is 8.21. The Morgan fingerprint density at radius 1 is 1.25 bits per heavy atom. The number of hydrogen-bond acceptors (Lipinski definition) is 6. The molecule has 1 aliphatic rings. The van der Waals surface area contributed by atoms with E-state index < -0.39 is 0 Å². The summed E-state index contributed by atoms with van der Waals surface area (Å²) in [6, 6.07) is 7.57. The van der Waals surface area contributed by atoms with Crippen LogP contribution in [0.25, 0.3) is 0 Å². The van der Waals surface area contributed by atoms with E-state index in [4.69, 9.17) is 10.3 Å². The van der Waals surface area contributed by atoms with Crippen LogP contribution < -0.4 is 5.73 Å². The molecule has 0 saturated carbocycles. The maximum atomic E-state index is 12.6. The summed E-state index contributed by atoms with van der Waals surface area (Å²) in [6.45, 7) is 7.30. The van der Waals surface area contributed by atoms with Gasteiger partial charge in [-0.1, -0.05) is 17.3 Å². The maximum Gasteiger partial charge on any atom is 0.253 e. The minimum absolute atomic E-state index is 0.0623. The number of amides is 1. The van der Waals surface area contributed by atoms with E-state index in [1.165, 1.54) is 0 Å². The highest BCUT2D eigenvalue weighted by Gasteiger charge is 2.27. The van der Waals surface area contributed by atoms with Crippen molar-refractivity contribution in [1.82, 2.24) is 19.9 Å². The molecule has 2 heterocycles. The predicted molar refractivity (Wildman–Crippen MR) is 89.3 cm³/mol. The average molecular weight is 329 g/mol. The number of hydrogen-bond donors (Lipinski definition) is 1. The monoisotopic (exact) mass is 329 g/mol. The molecule has 1 unspecified atom stereocenters. The molecule has 1 aliphatic heterocycles. The molecule has 7 heteroatoms. The number of aromatic nitrogens is 2. The highest BCUT2D eigenvalue weighted by atomic mass is 16.5. The smallest absolute Gasteiger partial charge is 0.253 e. The van der Waals surface area contributed by atoms with Gasteiger partial charge in [-0.25, -0.2) is 0 Å². The molecule has 2 aromatic rings. The lowest BCUT2D eigenvalue weighted by Crippen LogP contribution is -2.49. The third kappa shape index (κ3) is 3.47. The molecule has 1 aromatic carbocycles. The van der Waals surface area contributed by atoms with Crippen molar-refractivity contribution < 1.29 is 9.32 Å². The first-order chi connectivity index (χ1) is 11.6. The predicted octanol–water partition coefficient (Wildman–Crippen LogP) is 1.36. The standard InChI is InChI=1S/C17H23N5O2/c1-12(16-19-13(2)20-24-16)21-7-9-22(10-8-21)17(23)15-5-3-14(11-18)4-6-15/h3-6,12H,7-11,18H2,1-2H3. The lowest BCUT2D eigenvalue weighted by Gasteiger charge is -2.36. The topological polar surface area (TPSA) is 88.5 Å². The molecule has 1 fully saturated rings. The van der Waals surface area contributed by atoms with Crippen LogP contribution in [0.5, 0.6) is 0 Å². The molecule has 3 rings (SSSR count). The van der Waals surface area contributed by atoms with Gasteiger partial charge >= 0.3 is 0 Å². The maximum absolute atomic E-state index is 12.6. The quantitative estimate of drug-likeness (QED) is 0.911. The number of aryl methyl sites for hydroxylation is 1. The Hall–Kier alpha value is -2.25. The summed E-state index contributed by atoms with van der Waals surface area (Å²) in [5, 5.41) is 3.84. The molecule has 0 aliphatic carbocycles. The number of nitrogens with zero attached hydrogens (tertiary/aromatic N) is 4. The summed E-state index contributed by atoms with van der Waals surface area (Å²) >= 11 is 0. The molecule has 128 valence electrons. The zero-order chi connectivity index (χ0) is 17.1. The summed E-state index contributed by atoms with van der Waals surface area (Å²) in [6.07, 6.45) is 0. The van der Waals surface area contributed by atoms with E-state index in [0.29, 0.717) is 36.9 Å². The SMILES string of the molecule is Cc1noc(C(C)N2CCN(C(=O)c3ccc(CN)cc3)CC2)n1. The molecule has 1 saturated heterocycles. The van der Waals surface area contributed by atoms with Gasteiger partial charge in [-0.05, 0) is 31.5 Å². The molecule has 7 nitrogen and oxygen atoms in total. The Balaban J connectivity index is 1.58.